The van der Waals surface area contributed by atoms with E-state index in [0.717, 1.165) is 0 Å². The maximum absolute atomic E-state index is 5.88. The fourth-order valence-electron chi connectivity index (χ4n) is 0.607. The predicted molar refractivity (Wildman–Crippen MR) is 36.8 cm³/mol. The molecule has 0 saturated carbocycles. The number of allylic oxidation sites excluding steroid dienone is 4. The van der Waals surface area contributed by atoms with Crippen LogP contribution in [0.2, 0.25) is 0 Å². The molecule has 1 aliphatic carbocycles. The van der Waals surface area contributed by atoms with Crippen molar-refractivity contribution in [2.45, 2.75) is 11.8 Å². The van der Waals surface area contributed by atoms with Crippen molar-refractivity contribution in [3.05, 3.63) is 30.7 Å². The highest BCUT2D eigenvalue weighted by atomic mass is 35.5. The molecule has 0 N–H and O–H groups in total. The molecular weight excluding hydrogens is 120 g/mol. The largest absolute Gasteiger partial charge is 0.110 e. The van der Waals surface area contributed by atoms with Gasteiger partial charge in [-0.15, -0.1) is 11.6 Å². The molecule has 0 heterocycles. The Bertz CT molecular complexity index is 117. The van der Waals surface area contributed by atoms with Crippen LogP contribution in [0.4, 0.5) is 0 Å². The van der Waals surface area contributed by atoms with Gasteiger partial charge in [0.15, 0.2) is 0 Å². The Morgan fingerprint density at radius 2 is 1.75 bits per heavy atom. The first kappa shape index (κ1) is 5.90. The Morgan fingerprint density at radius 1 is 1.25 bits per heavy atom. The van der Waals surface area contributed by atoms with Gasteiger partial charge in [0.2, 0.25) is 0 Å². The number of hydrogen-bond acceptors (Lipinski definition) is 0. The predicted octanol–water partition coefficient (Wildman–Crippen LogP) is 2.31. The van der Waals surface area contributed by atoms with Crippen LogP contribution in [-0.4, -0.2) is 4.87 Å². The molecule has 0 atom stereocenters. The third-order valence-corrected chi connectivity index (χ3v) is 1.32. The monoisotopic (exact) mass is 127 g/mol. The Morgan fingerprint density at radius 3 is 2.00 bits per heavy atom. The molecule has 8 heavy (non-hydrogen) atoms. The highest BCUT2D eigenvalue weighted by Gasteiger charge is 2.12. The summed E-state index contributed by atoms with van der Waals surface area (Å²) in [4.78, 5) is -0.241. The first-order chi connectivity index (χ1) is 3.71. The second kappa shape index (κ2) is 1.94. The van der Waals surface area contributed by atoms with Crippen LogP contribution < -0.4 is 0 Å². The van der Waals surface area contributed by atoms with Crippen molar-refractivity contribution in [3.8, 4) is 0 Å². The van der Waals surface area contributed by atoms with Gasteiger partial charge in [0.05, 0.1) is 4.87 Å². The van der Waals surface area contributed by atoms with Gasteiger partial charge < -0.3 is 0 Å². The third-order valence-electron chi connectivity index (χ3n) is 1.07. The van der Waals surface area contributed by atoms with Gasteiger partial charge in [0.25, 0.3) is 0 Å². The van der Waals surface area contributed by atoms with E-state index in [1.54, 1.807) is 0 Å². The molecule has 1 heteroatoms. The molecular formula is C7H8Cl. The molecule has 0 spiro atoms. The Balaban J connectivity index is 2.69. The minimum atomic E-state index is -0.241. The molecule has 0 unspecified atom stereocenters. The molecule has 1 radical (unpaired) electrons. The van der Waals surface area contributed by atoms with Gasteiger partial charge in [-0.25, -0.2) is 0 Å². The van der Waals surface area contributed by atoms with Crippen LogP contribution in [-0.2, 0) is 0 Å². The van der Waals surface area contributed by atoms with Gasteiger partial charge in [-0.05, 0) is 6.92 Å². The first-order valence-electron chi connectivity index (χ1n) is 2.60. The average molecular weight is 128 g/mol. The summed E-state index contributed by atoms with van der Waals surface area (Å²) in [5.41, 5.74) is 0. The van der Waals surface area contributed by atoms with E-state index in [1.165, 1.54) is 0 Å². The van der Waals surface area contributed by atoms with E-state index in [2.05, 4.69) is 0 Å². The zero-order valence-corrected chi connectivity index (χ0v) is 5.52. The lowest BCUT2D eigenvalue weighted by Crippen LogP contribution is -2.09. The highest BCUT2D eigenvalue weighted by molar-refractivity contribution is 6.26. The van der Waals surface area contributed by atoms with E-state index in [0.29, 0.717) is 0 Å². The first-order valence-corrected chi connectivity index (χ1v) is 2.98. The van der Waals surface area contributed by atoms with E-state index in [-0.39, 0.29) is 4.87 Å². The standard InChI is InChI=1S/C7H8Cl/c1-7(8)5-3-2-4-6-7/h2-6H,1H3. The Hall–Kier alpha value is -0.230. The van der Waals surface area contributed by atoms with E-state index in [4.69, 9.17) is 11.6 Å². The molecule has 0 bridgehead atoms. The van der Waals surface area contributed by atoms with Crippen LogP contribution in [0.1, 0.15) is 6.92 Å². The Labute approximate surface area is 54.8 Å². The zero-order valence-electron chi connectivity index (χ0n) is 4.76. The van der Waals surface area contributed by atoms with Gasteiger partial charge in [0.1, 0.15) is 0 Å². The van der Waals surface area contributed by atoms with Crippen molar-refractivity contribution < 1.29 is 0 Å². The number of rotatable bonds is 0. The lowest BCUT2D eigenvalue weighted by atomic mass is 10.1. The molecule has 1 aliphatic rings. The van der Waals surface area contributed by atoms with Crippen LogP contribution in [0.5, 0.6) is 0 Å². The van der Waals surface area contributed by atoms with Gasteiger partial charge in [0, 0.05) is 6.42 Å². The van der Waals surface area contributed by atoms with E-state index >= 15 is 0 Å². The smallest absolute Gasteiger partial charge is 0.0778 e. The summed E-state index contributed by atoms with van der Waals surface area (Å²) >= 11 is 5.88. The van der Waals surface area contributed by atoms with Crippen LogP contribution in [0.3, 0.4) is 0 Å². The summed E-state index contributed by atoms with van der Waals surface area (Å²) in [5, 5.41) is 0. The van der Waals surface area contributed by atoms with Gasteiger partial charge >= 0.3 is 0 Å². The van der Waals surface area contributed by atoms with Crippen LogP contribution in [0.15, 0.2) is 24.3 Å². The lowest BCUT2D eigenvalue weighted by Gasteiger charge is -2.13. The molecule has 0 aromatic rings. The summed E-state index contributed by atoms with van der Waals surface area (Å²) in [7, 11) is 0. The maximum atomic E-state index is 5.88. The van der Waals surface area contributed by atoms with Gasteiger partial charge in [-0.2, -0.15) is 0 Å². The number of hydrogen-bond donors (Lipinski definition) is 0. The molecule has 0 aromatic heterocycles. The summed E-state index contributed by atoms with van der Waals surface area (Å²) in [5.74, 6) is 0. The third kappa shape index (κ3) is 1.38. The highest BCUT2D eigenvalue weighted by Crippen LogP contribution is 2.20. The summed E-state index contributed by atoms with van der Waals surface area (Å²) in [6, 6.07) is 0. The van der Waals surface area contributed by atoms with Crippen LogP contribution in [0.25, 0.3) is 0 Å². The number of alkyl halides is 1. The molecule has 0 nitrogen and oxygen atoms in total. The normalized spacial score (nSPS) is 23.8. The van der Waals surface area contributed by atoms with Crippen LogP contribution >= 0.6 is 11.6 Å². The van der Waals surface area contributed by atoms with Crippen molar-refractivity contribution >= 4 is 11.6 Å². The topological polar surface area (TPSA) is 0 Å². The molecule has 43 valence electrons. The average Bonchev–Trinajstić information content (AvgIpc) is 1.65. The SMILES string of the molecule is CC1(Cl)C=C[CH]C=C1. The van der Waals surface area contributed by atoms with E-state index in [1.807, 2.05) is 37.6 Å². The number of halogens is 1. The lowest BCUT2D eigenvalue weighted by molar-refractivity contribution is 0.977. The van der Waals surface area contributed by atoms with Crippen molar-refractivity contribution in [1.29, 1.82) is 0 Å². The van der Waals surface area contributed by atoms with Gasteiger partial charge in [-0.3, -0.25) is 0 Å². The van der Waals surface area contributed by atoms with E-state index < -0.39 is 0 Å². The van der Waals surface area contributed by atoms with Gasteiger partial charge in [-0.1, -0.05) is 24.3 Å². The molecule has 0 fully saturated rings. The molecule has 0 aliphatic heterocycles. The minimum absolute atomic E-state index is 0.241. The van der Waals surface area contributed by atoms with Crippen molar-refractivity contribution in [1.82, 2.24) is 0 Å². The summed E-state index contributed by atoms with van der Waals surface area (Å²) in [6.07, 6.45) is 9.77. The molecule has 1 rings (SSSR count). The van der Waals surface area contributed by atoms with Crippen LogP contribution in [0, 0.1) is 6.42 Å². The second-order valence-corrected chi connectivity index (χ2v) is 2.88. The fraction of sp³-hybridized carbons (Fsp3) is 0.286. The van der Waals surface area contributed by atoms with Crippen molar-refractivity contribution in [2.75, 3.05) is 0 Å². The molecule has 0 amide bonds. The quantitative estimate of drug-likeness (QED) is 0.438. The zero-order chi connectivity index (χ0) is 6.04. The van der Waals surface area contributed by atoms with Crippen molar-refractivity contribution in [3.63, 3.8) is 0 Å². The Kier molecular flexibility index (Phi) is 1.43. The summed E-state index contributed by atoms with van der Waals surface area (Å²) in [6.45, 7) is 1.95. The minimum Gasteiger partial charge on any atom is -0.110 e. The molecule has 0 aromatic carbocycles. The fourth-order valence-corrected chi connectivity index (χ4v) is 0.753. The maximum Gasteiger partial charge on any atom is 0.0778 e. The van der Waals surface area contributed by atoms with E-state index in [9.17, 15) is 0 Å². The van der Waals surface area contributed by atoms with Crippen molar-refractivity contribution in [2.24, 2.45) is 0 Å². The summed E-state index contributed by atoms with van der Waals surface area (Å²) < 4.78 is 0. The molecule has 0 saturated heterocycles. The second-order valence-electron chi connectivity index (χ2n) is 2.06.